The lowest BCUT2D eigenvalue weighted by Crippen LogP contribution is -2.19. The second-order valence-corrected chi connectivity index (χ2v) is 8.50. The Hall–Kier alpha value is -2.67. The number of carbonyl (C=O) groups is 1. The molecular formula is C25H30N2O3S. The summed E-state index contributed by atoms with van der Waals surface area (Å²) in [7, 11) is -1.26. The van der Waals surface area contributed by atoms with Crippen LogP contribution in [-0.2, 0) is 22.2 Å². The molecule has 0 spiro atoms. The summed E-state index contributed by atoms with van der Waals surface area (Å²) in [5.41, 5.74) is 3.21. The summed E-state index contributed by atoms with van der Waals surface area (Å²) in [6.45, 7) is 0.668. The molecule has 31 heavy (non-hydrogen) atoms. The number of carbonyl (C=O) groups excluding carboxylic acids is 1. The largest absolute Gasteiger partial charge is 0.412 e. The maximum Gasteiger partial charge on any atom is 0.133 e. The smallest absolute Gasteiger partial charge is 0.133 e. The van der Waals surface area contributed by atoms with Crippen molar-refractivity contribution in [2.24, 2.45) is 0 Å². The number of pyridine rings is 1. The van der Waals surface area contributed by atoms with E-state index in [4.69, 9.17) is 0 Å². The summed E-state index contributed by atoms with van der Waals surface area (Å²) in [5.74, 6) is 0.306. The first kappa shape index (κ1) is 24.6. The van der Waals surface area contributed by atoms with Crippen molar-refractivity contribution >= 4 is 16.8 Å². The van der Waals surface area contributed by atoms with Gasteiger partial charge in [-0.2, -0.15) is 0 Å². The highest BCUT2D eigenvalue weighted by molar-refractivity contribution is 7.83. The molecule has 0 aliphatic rings. The van der Waals surface area contributed by atoms with Crippen LogP contribution in [-0.4, -0.2) is 27.0 Å². The summed E-state index contributed by atoms with van der Waals surface area (Å²) in [6.07, 6.45) is 8.23. The summed E-state index contributed by atoms with van der Waals surface area (Å²) in [5, 5.41) is 0. The zero-order valence-corrected chi connectivity index (χ0v) is 18.4. The van der Waals surface area contributed by atoms with Gasteiger partial charge in [0.15, 0.2) is 0 Å². The van der Waals surface area contributed by atoms with E-state index in [1.54, 1.807) is 12.4 Å². The fraction of sp³-hybridized carbons (Fsp3) is 0.280. The Bertz CT molecular complexity index is 949. The summed E-state index contributed by atoms with van der Waals surface area (Å²) >= 11 is 0. The molecule has 0 bridgehead atoms. The Balaban J connectivity index is 0.00000341. The van der Waals surface area contributed by atoms with E-state index in [9.17, 15) is 9.00 Å². The number of hydrogen-bond donors (Lipinski definition) is 1. The van der Waals surface area contributed by atoms with Crippen molar-refractivity contribution in [2.75, 3.05) is 6.54 Å². The number of unbranched alkanes of at least 4 members (excludes halogenated alkanes) is 2. The Morgan fingerprint density at radius 3 is 2.32 bits per heavy atom. The van der Waals surface area contributed by atoms with Gasteiger partial charge in [-0.3, -0.25) is 9.78 Å². The van der Waals surface area contributed by atoms with Crippen LogP contribution in [0.2, 0.25) is 0 Å². The average molecular weight is 439 g/mol. The fourth-order valence-electron chi connectivity index (χ4n) is 3.31. The molecule has 0 radical (unpaired) electrons. The van der Waals surface area contributed by atoms with Gasteiger partial charge in [0.1, 0.15) is 16.8 Å². The van der Waals surface area contributed by atoms with Crippen LogP contribution in [0.25, 0.3) is 11.1 Å². The predicted molar refractivity (Wildman–Crippen MR) is 126 cm³/mol. The number of nitrogens with one attached hydrogen (secondary N) is 1. The minimum absolute atomic E-state index is 0. The number of hydrogen-bond acceptors (Lipinski definition) is 3. The molecule has 6 heteroatoms. The molecule has 164 valence electrons. The number of nitrogens with zero attached hydrogens (tertiary/aromatic N) is 1. The molecule has 5 nitrogen and oxygen atoms in total. The lowest BCUT2D eigenvalue weighted by atomic mass is 10.0. The van der Waals surface area contributed by atoms with E-state index in [-0.39, 0.29) is 5.48 Å². The highest BCUT2D eigenvalue weighted by atomic mass is 32.2. The van der Waals surface area contributed by atoms with Crippen LogP contribution >= 0.6 is 0 Å². The minimum Gasteiger partial charge on any atom is -0.412 e. The van der Waals surface area contributed by atoms with Gasteiger partial charge in [0.05, 0.1) is 4.90 Å². The van der Waals surface area contributed by atoms with Gasteiger partial charge in [-0.1, -0.05) is 55.0 Å². The van der Waals surface area contributed by atoms with Crippen molar-refractivity contribution in [3.8, 4) is 11.1 Å². The van der Waals surface area contributed by atoms with Gasteiger partial charge in [0.25, 0.3) is 0 Å². The van der Waals surface area contributed by atoms with Crippen molar-refractivity contribution < 1.29 is 14.5 Å². The highest BCUT2D eigenvalue weighted by Gasteiger charge is 2.10. The monoisotopic (exact) mass is 438 g/mol. The van der Waals surface area contributed by atoms with Gasteiger partial charge in [-0.05, 0) is 54.2 Å². The van der Waals surface area contributed by atoms with Crippen LogP contribution in [0.5, 0.6) is 0 Å². The van der Waals surface area contributed by atoms with Crippen molar-refractivity contribution in [1.82, 2.24) is 9.71 Å². The zero-order valence-electron chi connectivity index (χ0n) is 17.6. The molecule has 0 fully saturated rings. The maximum absolute atomic E-state index is 12.7. The molecule has 0 saturated carbocycles. The molecule has 3 N–H and O–H groups in total. The molecule has 0 aliphatic carbocycles. The van der Waals surface area contributed by atoms with E-state index in [2.05, 4.69) is 9.71 Å². The Labute approximate surface area is 186 Å². The Morgan fingerprint density at radius 2 is 1.55 bits per heavy atom. The number of aromatic nitrogens is 1. The molecular weight excluding hydrogens is 408 g/mol. The van der Waals surface area contributed by atoms with Crippen molar-refractivity contribution in [2.45, 2.75) is 43.4 Å². The highest BCUT2D eigenvalue weighted by Crippen LogP contribution is 2.25. The topological polar surface area (TPSA) is 90.6 Å². The van der Waals surface area contributed by atoms with Gasteiger partial charge in [0.2, 0.25) is 0 Å². The normalized spacial score (nSPS) is 11.5. The fourth-order valence-corrected chi connectivity index (χ4v) is 4.38. The predicted octanol–water partition coefficient (Wildman–Crippen LogP) is 4.30. The summed E-state index contributed by atoms with van der Waals surface area (Å²) < 4.78 is 15.9. The van der Waals surface area contributed by atoms with E-state index in [1.807, 2.05) is 66.7 Å². The number of rotatable bonds is 12. The molecule has 1 unspecified atom stereocenters. The molecule has 0 saturated heterocycles. The van der Waals surface area contributed by atoms with E-state index in [0.717, 1.165) is 47.3 Å². The minimum atomic E-state index is -1.26. The molecule has 3 aromatic rings. The first-order chi connectivity index (χ1) is 14.7. The van der Waals surface area contributed by atoms with Gasteiger partial charge >= 0.3 is 0 Å². The number of ketones is 1. The van der Waals surface area contributed by atoms with Crippen molar-refractivity contribution in [1.29, 1.82) is 0 Å². The quantitative estimate of drug-likeness (QED) is 0.428. The van der Waals surface area contributed by atoms with E-state index < -0.39 is 11.0 Å². The van der Waals surface area contributed by atoms with Crippen molar-refractivity contribution in [3.05, 3.63) is 84.7 Å². The SMILES string of the molecule is O.O=C(CCCCCNS(=O)c1ccccc1-c1ccccc1)CCc1ccncc1. The van der Waals surface area contributed by atoms with Crippen LogP contribution in [0.15, 0.2) is 84.0 Å². The third-order valence-electron chi connectivity index (χ3n) is 4.98. The summed E-state index contributed by atoms with van der Waals surface area (Å²) in [6, 6.07) is 21.7. The van der Waals surface area contributed by atoms with Crippen LogP contribution in [0.3, 0.4) is 0 Å². The summed E-state index contributed by atoms with van der Waals surface area (Å²) in [4.78, 5) is 16.8. The van der Waals surface area contributed by atoms with Crippen LogP contribution in [0, 0.1) is 0 Å². The molecule has 1 aromatic heterocycles. The molecule has 0 amide bonds. The standard InChI is InChI=1S/C25H28N2O2S.H2O/c28-23(15-14-21-16-19-26-20-17-21)11-5-2-8-18-27-30(29)25-13-7-6-12-24(25)22-9-3-1-4-10-22;/h1,3-4,6-7,9-10,12-13,16-17,19-20,27H,2,5,8,11,14-15,18H2;1H2. The average Bonchev–Trinajstić information content (AvgIpc) is 2.81. The van der Waals surface area contributed by atoms with E-state index >= 15 is 0 Å². The third-order valence-corrected chi connectivity index (χ3v) is 6.20. The lowest BCUT2D eigenvalue weighted by molar-refractivity contribution is -0.119. The molecule has 1 heterocycles. The molecule has 3 rings (SSSR count). The number of Topliss-reactive ketones (excluding diaryl/α,β-unsaturated/α-hetero) is 1. The lowest BCUT2D eigenvalue weighted by Gasteiger charge is -2.10. The molecule has 0 aliphatic heterocycles. The molecule has 1 atom stereocenters. The zero-order chi connectivity index (χ0) is 21.0. The van der Waals surface area contributed by atoms with Gasteiger partial charge in [-0.15, -0.1) is 0 Å². The molecule has 2 aromatic carbocycles. The van der Waals surface area contributed by atoms with Gasteiger partial charge in [0, 0.05) is 31.8 Å². The second-order valence-electron chi connectivity index (χ2n) is 7.23. The van der Waals surface area contributed by atoms with E-state index in [1.165, 1.54) is 0 Å². The van der Waals surface area contributed by atoms with Crippen LogP contribution < -0.4 is 4.72 Å². The number of benzene rings is 2. The van der Waals surface area contributed by atoms with Gasteiger partial charge in [-0.25, -0.2) is 8.93 Å². The van der Waals surface area contributed by atoms with Gasteiger partial charge < -0.3 is 5.48 Å². The van der Waals surface area contributed by atoms with Crippen LogP contribution in [0.1, 0.15) is 37.7 Å². The Morgan fingerprint density at radius 1 is 0.839 bits per heavy atom. The maximum atomic E-state index is 12.7. The second kappa shape index (κ2) is 13.6. The number of aryl methyl sites for hydroxylation is 1. The van der Waals surface area contributed by atoms with Crippen molar-refractivity contribution in [3.63, 3.8) is 0 Å². The van der Waals surface area contributed by atoms with E-state index in [0.29, 0.717) is 25.2 Å². The Kier molecular flexibility index (Phi) is 10.8. The first-order valence-corrected chi connectivity index (χ1v) is 11.6. The first-order valence-electron chi connectivity index (χ1n) is 10.4. The third kappa shape index (κ3) is 8.17. The van der Waals surface area contributed by atoms with Crippen LogP contribution in [0.4, 0.5) is 0 Å².